The number of benzene rings is 2. The van der Waals surface area contributed by atoms with E-state index in [2.05, 4.69) is 53.7 Å². The second-order valence-electron chi connectivity index (χ2n) is 7.33. The van der Waals surface area contributed by atoms with Crippen LogP contribution >= 0.6 is 0 Å². The molecule has 1 heterocycles. The fourth-order valence-corrected chi connectivity index (χ4v) is 3.72. The van der Waals surface area contributed by atoms with Crippen LogP contribution in [0.5, 0.6) is 0 Å². The van der Waals surface area contributed by atoms with Gasteiger partial charge in [-0.3, -0.25) is 9.48 Å². The van der Waals surface area contributed by atoms with Crippen molar-refractivity contribution in [2.75, 3.05) is 6.54 Å². The Bertz CT molecular complexity index is 911. The lowest BCUT2D eigenvalue weighted by molar-refractivity contribution is 0.0948. The van der Waals surface area contributed by atoms with Crippen molar-refractivity contribution in [1.82, 2.24) is 15.1 Å². The molecule has 4 nitrogen and oxygen atoms in total. The van der Waals surface area contributed by atoms with Gasteiger partial charge in [-0.15, -0.1) is 0 Å². The van der Waals surface area contributed by atoms with Crippen molar-refractivity contribution in [2.45, 2.75) is 38.1 Å². The summed E-state index contributed by atoms with van der Waals surface area (Å²) in [5.74, 6) is -0.0200. The molecule has 1 amide bonds. The Balaban J connectivity index is 1.46. The molecule has 0 aliphatic heterocycles. The number of carbonyl (C=O) groups excluding carboxylic acids is 1. The van der Waals surface area contributed by atoms with Gasteiger partial charge < -0.3 is 5.32 Å². The average Bonchev–Trinajstić information content (AvgIpc) is 3.41. The number of amides is 1. The average molecular weight is 359 g/mol. The molecule has 1 fully saturated rings. The highest BCUT2D eigenvalue weighted by Gasteiger charge is 2.44. The number of nitrogens with zero attached hydrogens (tertiary/aromatic N) is 2. The van der Waals surface area contributed by atoms with Gasteiger partial charge in [-0.05, 0) is 30.4 Å². The summed E-state index contributed by atoms with van der Waals surface area (Å²) in [5, 5.41) is 7.64. The molecule has 0 saturated heterocycles. The number of carbonyl (C=O) groups is 1. The summed E-state index contributed by atoms with van der Waals surface area (Å²) in [6, 6.07) is 20.7. The topological polar surface area (TPSA) is 46.9 Å². The first-order chi connectivity index (χ1) is 13.2. The van der Waals surface area contributed by atoms with Gasteiger partial charge >= 0.3 is 0 Å². The Morgan fingerprint density at radius 2 is 1.74 bits per heavy atom. The lowest BCUT2D eigenvalue weighted by Gasteiger charge is -2.16. The molecule has 27 heavy (non-hydrogen) atoms. The van der Waals surface area contributed by atoms with Gasteiger partial charge in [0, 0.05) is 12.0 Å². The zero-order chi connectivity index (χ0) is 18.7. The highest BCUT2D eigenvalue weighted by molar-refractivity contribution is 5.95. The summed E-state index contributed by atoms with van der Waals surface area (Å²) in [6.07, 6.45) is 4.75. The number of rotatable bonds is 7. The summed E-state index contributed by atoms with van der Waals surface area (Å²) in [4.78, 5) is 12.8. The van der Waals surface area contributed by atoms with E-state index in [4.69, 9.17) is 0 Å². The van der Waals surface area contributed by atoms with E-state index >= 15 is 0 Å². The summed E-state index contributed by atoms with van der Waals surface area (Å²) < 4.78 is 1.94. The molecule has 0 unspecified atom stereocenters. The van der Waals surface area contributed by atoms with Gasteiger partial charge in [-0.2, -0.15) is 5.10 Å². The van der Waals surface area contributed by atoms with E-state index in [1.165, 1.54) is 11.1 Å². The second-order valence-corrected chi connectivity index (χ2v) is 7.33. The molecule has 0 bridgehead atoms. The summed E-state index contributed by atoms with van der Waals surface area (Å²) >= 11 is 0. The SMILES string of the molecule is CCc1c(C(=O)NCC2(c3ccccc3)CC2)cnn1Cc1ccccc1. The molecule has 3 aromatic rings. The van der Waals surface area contributed by atoms with E-state index < -0.39 is 0 Å². The van der Waals surface area contributed by atoms with Gasteiger partial charge in [-0.25, -0.2) is 0 Å². The van der Waals surface area contributed by atoms with E-state index in [1.807, 2.05) is 28.9 Å². The third-order valence-electron chi connectivity index (χ3n) is 5.53. The Labute approximate surface area is 160 Å². The van der Waals surface area contributed by atoms with E-state index in [-0.39, 0.29) is 11.3 Å². The van der Waals surface area contributed by atoms with Crippen molar-refractivity contribution in [2.24, 2.45) is 0 Å². The van der Waals surface area contributed by atoms with E-state index in [0.29, 0.717) is 18.7 Å². The molecular weight excluding hydrogens is 334 g/mol. The number of nitrogens with one attached hydrogen (secondary N) is 1. The molecule has 4 heteroatoms. The van der Waals surface area contributed by atoms with Crippen molar-refractivity contribution >= 4 is 5.91 Å². The maximum absolute atomic E-state index is 12.8. The Kier molecular flexibility index (Phi) is 4.80. The van der Waals surface area contributed by atoms with Gasteiger partial charge in [0.2, 0.25) is 0 Å². The van der Waals surface area contributed by atoms with E-state index in [0.717, 1.165) is 25.0 Å². The molecule has 1 N–H and O–H groups in total. The van der Waals surface area contributed by atoms with Crippen LogP contribution in [0.1, 0.15) is 46.9 Å². The lowest BCUT2D eigenvalue weighted by Crippen LogP contribution is -2.32. The smallest absolute Gasteiger partial charge is 0.254 e. The monoisotopic (exact) mass is 359 g/mol. The van der Waals surface area contributed by atoms with Crippen molar-refractivity contribution in [1.29, 1.82) is 0 Å². The molecular formula is C23H25N3O. The third-order valence-corrected chi connectivity index (χ3v) is 5.53. The number of hydrogen-bond acceptors (Lipinski definition) is 2. The van der Waals surface area contributed by atoms with Crippen LogP contribution in [0.25, 0.3) is 0 Å². The zero-order valence-electron chi connectivity index (χ0n) is 15.7. The first kappa shape index (κ1) is 17.5. The van der Waals surface area contributed by atoms with Gasteiger partial charge in [-0.1, -0.05) is 67.6 Å². The van der Waals surface area contributed by atoms with Crippen molar-refractivity contribution in [3.63, 3.8) is 0 Å². The van der Waals surface area contributed by atoms with Crippen LogP contribution in [0, 0.1) is 0 Å². The van der Waals surface area contributed by atoms with Crippen LogP contribution in [0.4, 0.5) is 0 Å². The van der Waals surface area contributed by atoms with Gasteiger partial charge in [0.05, 0.1) is 24.0 Å². The predicted octanol–water partition coefficient (Wildman–Crippen LogP) is 3.96. The summed E-state index contributed by atoms with van der Waals surface area (Å²) in [7, 11) is 0. The molecule has 1 aliphatic carbocycles. The van der Waals surface area contributed by atoms with Crippen LogP contribution in [0.15, 0.2) is 66.9 Å². The van der Waals surface area contributed by atoms with Crippen LogP contribution in [-0.4, -0.2) is 22.2 Å². The minimum atomic E-state index is -0.0200. The summed E-state index contributed by atoms with van der Waals surface area (Å²) in [5.41, 5.74) is 4.30. The molecule has 0 spiro atoms. The molecule has 2 aromatic carbocycles. The van der Waals surface area contributed by atoms with Crippen molar-refractivity contribution < 1.29 is 4.79 Å². The summed E-state index contributed by atoms with van der Waals surface area (Å²) in [6.45, 7) is 3.44. The third kappa shape index (κ3) is 3.65. The Morgan fingerprint density at radius 1 is 1.07 bits per heavy atom. The van der Waals surface area contributed by atoms with Crippen molar-refractivity contribution in [3.05, 3.63) is 89.2 Å². The lowest BCUT2D eigenvalue weighted by atomic mass is 9.96. The largest absolute Gasteiger partial charge is 0.351 e. The van der Waals surface area contributed by atoms with E-state index in [9.17, 15) is 4.79 Å². The number of aromatic nitrogens is 2. The number of hydrogen-bond donors (Lipinski definition) is 1. The molecule has 4 rings (SSSR count). The Hall–Kier alpha value is -2.88. The fourth-order valence-electron chi connectivity index (χ4n) is 3.72. The predicted molar refractivity (Wildman–Crippen MR) is 107 cm³/mol. The minimum absolute atomic E-state index is 0.0200. The molecule has 0 atom stereocenters. The van der Waals surface area contributed by atoms with E-state index in [1.54, 1.807) is 6.20 Å². The van der Waals surface area contributed by atoms with Crippen molar-refractivity contribution in [3.8, 4) is 0 Å². The van der Waals surface area contributed by atoms with Crippen LogP contribution in [-0.2, 0) is 18.4 Å². The second kappa shape index (κ2) is 7.39. The molecule has 0 radical (unpaired) electrons. The molecule has 1 saturated carbocycles. The van der Waals surface area contributed by atoms with Crippen LogP contribution in [0.2, 0.25) is 0 Å². The van der Waals surface area contributed by atoms with Gasteiger partial charge in [0.15, 0.2) is 0 Å². The van der Waals surface area contributed by atoms with Crippen LogP contribution < -0.4 is 5.32 Å². The molecule has 1 aromatic heterocycles. The van der Waals surface area contributed by atoms with Gasteiger partial charge in [0.25, 0.3) is 5.91 Å². The normalized spacial score (nSPS) is 14.7. The standard InChI is InChI=1S/C23H25N3O/c1-2-21-20(15-25-26(21)16-18-9-5-3-6-10-18)22(27)24-17-23(13-14-23)19-11-7-4-8-12-19/h3-12,15H,2,13-14,16-17H2,1H3,(H,24,27). The maximum atomic E-state index is 12.8. The van der Waals surface area contributed by atoms with Crippen LogP contribution in [0.3, 0.4) is 0 Å². The Morgan fingerprint density at radius 3 is 2.37 bits per heavy atom. The zero-order valence-corrected chi connectivity index (χ0v) is 15.7. The maximum Gasteiger partial charge on any atom is 0.254 e. The molecule has 1 aliphatic rings. The first-order valence-corrected chi connectivity index (χ1v) is 9.64. The minimum Gasteiger partial charge on any atom is -0.351 e. The highest BCUT2D eigenvalue weighted by Crippen LogP contribution is 2.47. The quantitative estimate of drug-likeness (QED) is 0.694. The van der Waals surface area contributed by atoms with Gasteiger partial charge in [0.1, 0.15) is 0 Å². The highest BCUT2D eigenvalue weighted by atomic mass is 16.1. The fraction of sp³-hybridized carbons (Fsp3) is 0.304. The molecule has 138 valence electrons. The first-order valence-electron chi connectivity index (χ1n) is 9.64.